The number of amides is 1. The molecule has 0 bridgehead atoms. The number of hydrogen-bond donors (Lipinski definition) is 1. The molecule has 1 unspecified atom stereocenters. The van der Waals surface area contributed by atoms with Crippen molar-refractivity contribution < 1.29 is 9.18 Å². The molecule has 94 valence electrons. The second-order valence-corrected chi connectivity index (χ2v) is 4.12. The molecule has 0 fully saturated rings. The Labute approximate surface area is 104 Å². The van der Waals surface area contributed by atoms with Crippen molar-refractivity contribution >= 4 is 11.6 Å². The molecular weight excluding hydrogens is 233 g/mol. The number of rotatable bonds is 4. The molecule has 0 saturated carbocycles. The van der Waals surface area contributed by atoms with Gasteiger partial charge >= 0.3 is 0 Å². The molecule has 1 aromatic heterocycles. The minimum Gasteiger partial charge on any atom is -0.334 e. The summed E-state index contributed by atoms with van der Waals surface area (Å²) in [4.78, 5) is 15.7. The van der Waals surface area contributed by atoms with E-state index in [1.807, 2.05) is 11.5 Å². The van der Waals surface area contributed by atoms with Crippen LogP contribution in [0.1, 0.15) is 19.4 Å². The Bertz CT molecular complexity index is 525. The average molecular weight is 247 g/mol. The molecular formula is C13H14FN3O. The van der Waals surface area contributed by atoms with Gasteiger partial charge in [-0.3, -0.25) is 4.79 Å². The Balaban J connectivity index is 1.93. The number of benzene rings is 1. The zero-order valence-electron chi connectivity index (χ0n) is 10.0. The predicted octanol–water partition coefficient (Wildman–Crippen LogP) is 2.61. The number of anilines is 1. The van der Waals surface area contributed by atoms with Crippen molar-refractivity contribution in [3.63, 3.8) is 0 Å². The minimum absolute atomic E-state index is 0.0149. The molecule has 0 aliphatic carbocycles. The van der Waals surface area contributed by atoms with E-state index in [0.717, 1.165) is 0 Å². The molecule has 0 aliphatic rings. The van der Waals surface area contributed by atoms with Crippen LogP contribution in [0.4, 0.5) is 10.1 Å². The highest BCUT2D eigenvalue weighted by Gasteiger charge is 2.10. The van der Waals surface area contributed by atoms with Crippen LogP contribution in [0.15, 0.2) is 43.0 Å². The molecule has 1 N–H and O–H groups in total. The standard InChI is InChI=1S/C13H14FN3O/c1-10(17-6-5-15-9-17)7-13(18)16-12-4-2-3-11(14)8-12/h2-6,8-10H,7H2,1H3,(H,16,18). The highest BCUT2D eigenvalue weighted by atomic mass is 19.1. The molecule has 0 radical (unpaired) electrons. The lowest BCUT2D eigenvalue weighted by Crippen LogP contribution is -2.17. The van der Waals surface area contributed by atoms with Crippen molar-refractivity contribution in [1.82, 2.24) is 9.55 Å². The Morgan fingerprint density at radius 2 is 2.39 bits per heavy atom. The third kappa shape index (κ3) is 3.16. The monoisotopic (exact) mass is 247 g/mol. The molecule has 0 saturated heterocycles. The summed E-state index contributed by atoms with van der Waals surface area (Å²) in [7, 11) is 0. The summed E-state index contributed by atoms with van der Waals surface area (Å²) in [5.74, 6) is -0.516. The SMILES string of the molecule is CC(CC(=O)Nc1cccc(F)c1)n1ccnc1. The van der Waals surface area contributed by atoms with Gasteiger partial charge in [-0.1, -0.05) is 6.07 Å². The summed E-state index contributed by atoms with van der Waals surface area (Å²) in [6.07, 6.45) is 5.45. The lowest BCUT2D eigenvalue weighted by Gasteiger charge is -2.12. The summed E-state index contributed by atoms with van der Waals surface area (Å²) >= 11 is 0. The molecule has 1 aromatic carbocycles. The Morgan fingerprint density at radius 3 is 3.06 bits per heavy atom. The van der Waals surface area contributed by atoms with Gasteiger partial charge in [0.1, 0.15) is 5.82 Å². The molecule has 18 heavy (non-hydrogen) atoms. The van der Waals surface area contributed by atoms with Crippen LogP contribution in [-0.4, -0.2) is 15.5 Å². The first-order valence-corrected chi connectivity index (χ1v) is 5.68. The van der Waals surface area contributed by atoms with Gasteiger partial charge in [-0.05, 0) is 25.1 Å². The van der Waals surface area contributed by atoms with Crippen LogP contribution in [0.25, 0.3) is 0 Å². The van der Waals surface area contributed by atoms with E-state index in [9.17, 15) is 9.18 Å². The maximum absolute atomic E-state index is 12.9. The van der Waals surface area contributed by atoms with E-state index in [0.29, 0.717) is 12.1 Å². The summed E-state index contributed by atoms with van der Waals surface area (Å²) in [5, 5.41) is 2.66. The largest absolute Gasteiger partial charge is 0.334 e. The van der Waals surface area contributed by atoms with Crippen LogP contribution in [0.5, 0.6) is 0 Å². The fraction of sp³-hybridized carbons (Fsp3) is 0.231. The van der Waals surface area contributed by atoms with Gasteiger partial charge in [0.2, 0.25) is 5.91 Å². The number of halogens is 1. The van der Waals surface area contributed by atoms with Crippen LogP contribution in [-0.2, 0) is 4.79 Å². The Kier molecular flexibility index (Phi) is 3.72. The van der Waals surface area contributed by atoms with E-state index in [4.69, 9.17) is 0 Å². The first-order chi connectivity index (χ1) is 8.65. The van der Waals surface area contributed by atoms with Crippen molar-refractivity contribution in [2.45, 2.75) is 19.4 Å². The van der Waals surface area contributed by atoms with Crippen molar-refractivity contribution in [1.29, 1.82) is 0 Å². The quantitative estimate of drug-likeness (QED) is 0.902. The predicted molar refractivity (Wildman–Crippen MR) is 66.6 cm³/mol. The number of carbonyl (C=O) groups excluding carboxylic acids is 1. The average Bonchev–Trinajstić information content (AvgIpc) is 2.81. The van der Waals surface area contributed by atoms with Crippen molar-refractivity contribution in [2.75, 3.05) is 5.32 Å². The first kappa shape index (κ1) is 12.3. The number of imidazole rings is 1. The zero-order chi connectivity index (χ0) is 13.0. The van der Waals surface area contributed by atoms with E-state index in [-0.39, 0.29) is 17.8 Å². The maximum atomic E-state index is 12.9. The van der Waals surface area contributed by atoms with Gasteiger partial charge in [0.15, 0.2) is 0 Å². The lowest BCUT2D eigenvalue weighted by atomic mass is 10.2. The van der Waals surface area contributed by atoms with Gasteiger partial charge in [0.05, 0.1) is 6.33 Å². The van der Waals surface area contributed by atoms with Crippen LogP contribution in [0.2, 0.25) is 0 Å². The minimum atomic E-state index is -0.365. The molecule has 1 amide bonds. The van der Waals surface area contributed by atoms with E-state index < -0.39 is 0 Å². The topological polar surface area (TPSA) is 46.9 Å². The highest BCUT2D eigenvalue weighted by Crippen LogP contribution is 2.13. The molecule has 1 heterocycles. The van der Waals surface area contributed by atoms with Crippen LogP contribution >= 0.6 is 0 Å². The number of carbonyl (C=O) groups is 1. The van der Waals surface area contributed by atoms with Crippen LogP contribution in [0, 0.1) is 5.82 Å². The van der Waals surface area contributed by atoms with E-state index in [1.165, 1.54) is 12.1 Å². The van der Waals surface area contributed by atoms with Crippen molar-refractivity contribution in [3.05, 3.63) is 48.8 Å². The Hall–Kier alpha value is -2.17. The second-order valence-electron chi connectivity index (χ2n) is 4.12. The third-order valence-electron chi connectivity index (χ3n) is 2.62. The fourth-order valence-electron chi connectivity index (χ4n) is 1.68. The van der Waals surface area contributed by atoms with Gasteiger partial charge in [-0.25, -0.2) is 9.37 Å². The van der Waals surface area contributed by atoms with E-state index >= 15 is 0 Å². The van der Waals surface area contributed by atoms with Crippen LogP contribution in [0.3, 0.4) is 0 Å². The van der Waals surface area contributed by atoms with Gasteiger partial charge in [0.25, 0.3) is 0 Å². The zero-order valence-corrected chi connectivity index (χ0v) is 10.0. The maximum Gasteiger partial charge on any atom is 0.226 e. The number of aromatic nitrogens is 2. The molecule has 4 nitrogen and oxygen atoms in total. The van der Waals surface area contributed by atoms with E-state index in [1.54, 1.807) is 30.9 Å². The second kappa shape index (κ2) is 5.44. The molecule has 5 heteroatoms. The lowest BCUT2D eigenvalue weighted by molar-refractivity contribution is -0.116. The number of nitrogens with zero attached hydrogens (tertiary/aromatic N) is 2. The highest BCUT2D eigenvalue weighted by molar-refractivity contribution is 5.90. The third-order valence-corrected chi connectivity index (χ3v) is 2.62. The summed E-state index contributed by atoms with van der Waals surface area (Å²) in [6.45, 7) is 1.92. The van der Waals surface area contributed by atoms with Gasteiger partial charge in [0, 0.05) is 30.5 Å². The summed E-state index contributed by atoms with van der Waals surface area (Å²) < 4.78 is 14.8. The van der Waals surface area contributed by atoms with Crippen molar-refractivity contribution in [2.24, 2.45) is 0 Å². The summed E-state index contributed by atoms with van der Waals surface area (Å²) in [5.41, 5.74) is 0.470. The van der Waals surface area contributed by atoms with Gasteiger partial charge in [-0.15, -0.1) is 0 Å². The smallest absolute Gasteiger partial charge is 0.226 e. The van der Waals surface area contributed by atoms with Crippen LogP contribution < -0.4 is 5.32 Å². The van der Waals surface area contributed by atoms with Gasteiger partial charge < -0.3 is 9.88 Å². The molecule has 1 atom stereocenters. The molecule has 0 aliphatic heterocycles. The van der Waals surface area contributed by atoms with Crippen molar-refractivity contribution in [3.8, 4) is 0 Å². The number of nitrogens with one attached hydrogen (secondary N) is 1. The molecule has 0 spiro atoms. The fourth-order valence-corrected chi connectivity index (χ4v) is 1.68. The molecule has 2 rings (SSSR count). The Morgan fingerprint density at radius 1 is 1.56 bits per heavy atom. The number of hydrogen-bond acceptors (Lipinski definition) is 2. The van der Waals surface area contributed by atoms with E-state index in [2.05, 4.69) is 10.3 Å². The normalized spacial score (nSPS) is 12.1. The summed E-state index contributed by atoms with van der Waals surface area (Å²) in [6, 6.07) is 5.86. The molecule has 2 aromatic rings. The first-order valence-electron chi connectivity index (χ1n) is 5.68. The van der Waals surface area contributed by atoms with Gasteiger partial charge in [-0.2, -0.15) is 0 Å².